The van der Waals surface area contributed by atoms with Gasteiger partial charge in [-0.05, 0) is 48.5 Å². The number of halogens is 1. The van der Waals surface area contributed by atoms with Gasteiger partial charge in [0, 0.05) is 25.0 Å². The van der Waals surface area contributed by atoms with Crippen LogP contribution in [0.1, 0.15) is 35.3 Å². The molecule has 1 aromatic carbocycles. The average Bonchev–Trinajstić information content (AvgIpc) is 3.18. The largest absolute Gasteiger partial charge is 0.352 e. The molecule has 0 aliphatic carbocycles. The van der Waals surface area contributed by atoms with Crippen LogP contribution >= 0.6 is 35.3 Å². The van der Waals surface area contributed by atoms with Crippen LogP contribution in [0, 0.1) is 0 Å². The van der Waals surface area contributed by atoms with Crippen LogP contribution < -0.4 is 10.6 Å². The number of hydrogen-bond donors (Lipinski definition) is 2. The number of nitrogens with one attached hydrogen (secondary N) is 2. The van der Waals surface area contributed by atoms with Crippen LogP contribution in [0.5, 0.6) is 0 Å². The third-order valence-electron chi connectivity index (χ3n) is 4.57. The van der Waals surface area contributed by atoms with Gasteiger partial charge in [-0.2, -0.15) is 0 Å². The van der Waals surface area contributed by atoms with Crippen LogP contribution in [0.4, 0.5) is 0 Å². The van der Waals surface area contributed by atoms with Crippen LogP contribution in [-0.2, 0) is 19.6 Å². The van der Waals surface area contributed by atoms with Crippen molar-refractivity contribution in [3.63, 3.8) is 0 Å². The van der Waals surface area contributed by atoms with E-state index in [-0.39, 0.29) is 24.0 Å². The highest BCUT2D eigenvalue weighted by Crippen LogP contribution is 2.13. The number of piperidine rings is 1. The summed E-state index contributed by atoms with van der Waals surface area (Å²) in [5.41, 5.74) is 2.69. The van der Waals surface area contributed by atoms with E-state index in [0.29, 0.717) is 0 Å². The fourth-order valence-corrected chi connectivity index (χ4v) is 3.77. The number of aliphatic imine (C=N–C) groups is 1. The number of rotatable bonds is 6. The lowest BCUT2D eigenvalue weighted by Gasteiger charge is -2.26. The zero-order valence-electron chi connectivity index (χ0n) is 15.4. The van der Waals surface area contributed by atoms with Gasteiger partial charge >= 0.3 is 0 Å². The number of nitrogens with zero attached hydrogens (tertiary/aromatic N) is 2. The molecule has 142 valence electrons. The highest BCUT2D eigenvalue weighted by molar-refractivity contribution is 14.0. The van der Waals surface area contributed by atoms with E-state index in [1.807, 2.05) is 7.05 Å². The molecule has 1 aliphatic rings. The Kier molecular flexibility index (Phi) is 9.42. The lowest BCUT2D eigenvalue weighted by atomic mass is 10.1. The minimum Gasteiger partial charge on any atom is -0.352 e. The van der Waals surface area contributed by atoms with Crippen molar-refractivity contribution in [2.24, 2.45) is 4.99 Å². The zero-order chi connectivity index (χ0) is 17.3. The Morgan fingerprint density at radius 2 is 1.69 bits per heavy atom. The molecule has 2 heterocycles. The molecule has 1 aromatic heterocycles. The van der Waals surface area contributed by atoms with Gasteiger partial charge in [-0.3, -0.25) is 9.89 Å². The Morgan fingerprint density at radius 3 is 2.35 bits per heavy atom. The van der Waals surface area contributed by atoms with Crippen LogP contribution in [0.2, 0.25) is 0 Å². The van der Waals surface area contributed by atoms with Gasteiger partial charge in [0.25, 0.3) is 0 Å². The molecule has 6 heteroatoms. The third kappa shape index (κ3) is 6.89. The molecule has 1 aliphatic heterocycles. The lowest BCUT2D eigenvalue weighted by molar-refractivity contribution is 0.221. The van der Waals surface area contributed by atoms with Gasteiger partial charge in [0.2, 0.25) is 0 Å². The zero-order valence-corrected chi connectivity index (χ0v) is 18.6. The standard InChI is InChI=1S/C20H28N4S.HI/c1-21-20(23-15-19-6-5-13-25-19)22-14-17-7-9-18(10-8-17)16-24-11-3-2-4-12-24;/h5-10,13H,2-4,11-12,14-16H2,1H3,(H2,21,22,23);1H. The molecule has 0 spiro atoms. The molecule has 0 saturated carbocycles. The summed E-state index contributed by atoms with van der Waals surface area (Å²) < 4.78 is 0. The summed E-state index contributed by atoms with van der Waals surface area (Å²) in [6.45, 7) is 5.17. The second kappa shape index (κ2) is 11.6. The molecule has 2 N–H and O–H groups in total. The molecular weight excluding hydrogens is 455 g/mol. The summed E-state index contributed by atoms with van der Waals surface area (Å²) in [5, 5.41) is 8.83. The Morgan fingerprint density at radius 1 is 1.00 bits per heavy atom. The van der Waals surface area contributed by atoms with Crippen LogP contribution in [0.15, 0.2) is 46.8 Å². The van der Waals surface area contributed by atoms with E-state index in [2.05, 4.69) is 62.3 Å². The monoisotopic (exact) mass is 484 g/mol. The predicted molar refractivity (Wildman–Crippen MR) is 122 cm³/mol. The maximum Gasteiger partial charge on any atom is 0.191 e. The van der Waals surface area contributed by atoms with E-state index in [4.69, 9.17) is 0 Å². The quantitative estimate of drug-likeness (QED) is 0.367. The highest BCUT2D eigenvalue weighted by atomic mass is 127. The van der Waals surface area contributed by atoms with Gasteiger partial charge in [0.05, 0.1) is 6.54 Å². The topological polar surface area (TPSA) is 39.7 Å². The summed E-state index contributed by atoms with van der Waals surface area (Å²) in [6, 6.07) is 13.2. The number of benzene rings is 1. The molecule has 3 rings (SSSR count). The number of thiophene rings is 1. The van der Waals surface area contributed by atoms with Crippen molar-refractivity contribution in [1.82, 2.24) is 15.5 Å². The van der Waals surface area contributed by atoms with E-state index < -0.39 is 0 Å². The first kappa shape index (κ1) is 21.2. The van der Waals surface area contributed by atoms with Gasteiger partial charge in [-0.1, -0.05) is 36.8 Å². The van der Waals surface area contributed by atoms with Crippen molar-refractivity contribution < 1.29 is 0 Å². The predicted octanol–water partition coefficient (Wildman–Crippen LogP) is 4.22. The summed E-state index contributed by atoms with van der Waals surface area (Å²) in [6.07, 6.45) is 4.09. The van der Waals surface area contributed by atoms with Crippen molar-refractivity contribution in [2.75, 3.05) is 20.1 Å². The van der Waals surface area contributed by atoms with Gasteiger partial charge in [0.1, 0.15) is 0 Å². The third-order valence-corrected chi connectivity index (χ3v) is 5.45. The lowest BCUT2D eigenvalue weighted by Crippen LogP contribution is -2.36. The maximum atomic E-state index is 4.29. The van der Waals surface area contributed by atoms with Crippen LogP contribution in [0.3, 0.4) is 0 Å². The summed E-state index contributed by atoms with van der Waals surface area (Å²) in [5.74, 6) is 0.839. The molecule has 4 nitrogen and oxygen atoms in total. The van der Waals surface area contributed by atoms with Gasteiger partial charge in [0.15, 0.2) is 5.96 Å². The van der Waals surface area contributed by atoms with Crippen LogP contribution in [-0.4, -0.2) is 31.0 Å². The highest BCUT2D eigenvalue weighted by Gasteiger charge is 2.10. The van der Waals surface area contributed by atoms with Crippen molar-refractivity contribution in [2.45, 2.75) is 38.9 Å². The van der Waals surface area contributed by atoms with Crippen molar-refractivity contribution in [1.29, 1.82) is 0 Å². The molecule has 0 radical (unpaired) electrons. The van der Waals surface area contributed by atoms with E-state index in [1.54, 1.807) is 11.3 Å². The fraction of sp³-hybridized carbons (Fsp3) is 0.450. The van der Waals surface area contributed by atoms with E-state index in [1.165, 1.54) is 48.4 Å². The minimum absolute atomic E-state index is 0. The molecule has 0 atom stereocenters. The number of hydrogen-bond acceptors (Lipinski definition) is 3. The minimum atomic E-state index is 0. The molecule has 1 fully saturated rings. The molecule has 0 amide bonds. The summed E-state index contributed by atoms with van der Waals surface area (Å²) >= 11 is 1.76. The number of likely N-dealkylation sites (tertiary alicyclic amines) is 1. The summed E-state index contributed by atoms with van der Waals surface area (Å²) in [4.78, 5) is 8.16. The molecular formula is C20H29IN4S. The molecule has 0 bridgehead atoms. The van der Waals surface area contributed by atoms with Gasteiger partial charge < -0.3 is 10.6 Å². The second-order valence-corrected chi connectivity index (χ2v) is 7.54. The molecule has 2 aromatic rings. The smallest absolute Gasteiger partial charge is 0.191 e. The van der Waals surface area contributed by atoms with E-state index in [9.17, 15) is 0 Å². The average molecular weight is 484 g/mol. The first-order chi connectivity index (χ1) is 12.3. The Balaban J connectivity index is 0.00000243. The Hall–Kier alpha value is -1.12. The second-order valence-electron chi connectivity index (χ2n) is 6.51. The van der Waals surface area contributed by atoms with Gasteiger partial charge in [-0.15, -0.1) is 35.3 Å². The van der Waals surface area contributed by atoms with E-state index in [0.717, 1.165) is 25.6 Å². The summed E-state index contributed by atoms with van der Waals surface area (Å²) in [7, 11) is 1.81. The fourth-order valence-electron chi connectivity index (χ4n) is 3.13. The van der Waals surface area contributed by atoms with Gasteiger partial charge in [-0.25, -0.2) is 0 Å². The molecule has 1 saturated heterocycles. The normalized spacial score (nSPS) is 15.3. The SMILES string of the molecule is CN=C(NCc1ccc(CN2CCCCC2)cc1)NCc1cccs1.I. The van der Waals surface area contributed by atoms with Crippen molar-refractivity contribution in [3.8, 4) is 0 Å². The maximum absolute atomic E-state index is 4.29. The first-order valence-electron chi connectivity index (χ1n) is 9.10. The first-order valence-corrected chi connectivity index (χ1v) is 9.98. The Labute approximate surface area is 178 Å². The van der Waals surface area contributed by atoms with Crippen molar-refractivity contribution >= 4 is 41.3 Å². The molecule has 0 unspecified atom stereocenters. The van der Waals surface area contributed by atoms with E-state index >= 15 is 0 Å². The number of guanidine groups is 1. The molecule has 26 heavy (non-hydrogen) atoms. The Bertz CT molecular complexity index is 649. The van der Waals surface area contributed by atoms with Crippen molar-refractivity contribution in [3.05, 3.63) is 57.8 Å². The van der Waals surface area contributed by atoms with Crippen LogP contribution in [0.25, 0.3) is 0 Å².